The van der Waals surface area contributed by atoms with Gasteiger partial charge in [-0.05, 0) is 112 Å². The summed E-state index contributed by atoms with van der Waals surface area (Å²) in [4.78, 5) is 18.9. The molecule has 8 aromatic carbocycles. The molecule has 5 heterocycles. The summed E-state index contributed by atoms with van der Waals surface area (Å²) in [5, 5.41) is 4.69. The molecule has 0 spiro atoms. The fourth-order valence-corrected chi connectivity index (χ4v) is 10.4. The molecule has 0 saturated heterocycles. The molecule has 5 aromatic heterocycles. The van der Waals surface area contributed by atoms with E-state index in [2.05, 4.69) is 233 Å². The van der Waals surface area contributed by atoms with Gasteiger partial charge in [0.25, 0.3) is 0 Å². The van der Waals surface area contributed by atoms with Gasteiger partial charge < -0.3 is 4.98 Å². The van der Waals surface area contributed by atoms with Crippen LogP contribution in [0.4, 0.5) is 0 Å². The minimum atomic E-state index is -0.222. The molecule has 0 aliphatic heterocycles. The summed E-state index contributed by atoms with van der Waals surface area (Å²) in [5.74, 6) is 1.72. The molecule has 13 rings (SSSR count). The van der Waals surface area contributed by atoms with Crippen molar-refractivity contribution in [1.82, 2.24) is 29.1 Å². The number of hydrogen-bond acceptors (Lipinski definition) is 3. The second-order valence-corrected chi connectivity index (χ2v) is 18.2. The molecule has 0 bridgehead atoms. The van der Waals surface area contributed by atoms with Gasteiger partial charge in [0.1, 0.15) is 11.6 Å². The van der Waals surface area contributed by atoms with Crippen molar-refractivity contribution >= 4 is 54.6 Å². The highest BCUT2D eigenvalue weighted by Gasteiger charge is 2.26. The zero-order valence-corrected chi connectivity index (χ0v) is 37.6. The topological polar surface area (TPSA) is 64.3 Å². The summed E-state index contributed by atoms with van der Waals surface area (Å²) in [6.45, 7) is 4.61. The van der Waals surface area contributed by atoms with E-state index in [1.165, 1.54) is 27.5 Å². The van der Waals surface area contributed by atoms with E-state index in [1.54, 1.807) is 0 Å². The van der Waals surface area contributed by atoms with E-state index < -0.39 is 0 Å². The Balaban J connectivity index is 1.09. The number of rotatable bonds is 8. The summed E-state index contributed by atoms with van der Waals surface area (Å²) in [5.41, 5.74) is 17.2. The number of fused-ring (bicyclic) bond motifs is 7. The smallest absolute Gasteiger partial charge is 0.147 e. The lowest BCUT2D eigenvalue weighted by Crippen LogP contribution is -2.18. The van der Waals surface area contributed by atoms with Crippen LogP contribution in [0.15, 0.2) is 225 Å². The third kappa shape index (κ3) is 6.37. The van der Waals surface area contributed by atoms with Gasteiger partial charge in [-0.25, -0.2) is 9.97 Å². The largest absolute Gasteiger partial charge is 0.354 e. The van der Waals surface area contributed by atoms with Crippen molar-refractivity contribution in [2.75, 3.05) is 0 Å². The van der Waals surface area contributed by atoms with Crippen molar-refractivity contribution < 1.29 is 0 Å². The summed E-state index contributed by atoms with van der Waals surface area (Å²) < 4.78 is 4.68. The first-order valence-corrected chi connectivity index (χ1v) is 23.2. The number of benzene rings is 8. The molecule has 0 fully saturated rings. The SMILES string of the molecule is CC(C)(c1ccccc1)c1ccc2c3ccc(-c4cc(-c5ccncc5)cc5c4nc(-c4cccc6c4[nH]c4ccccc46)n5-c4ccc(-c5ccccc5)cc4)cc3n(-c3ccccn3)c2c1. The standard InChI is InChI=1S/C62H44N6/c1-62(2,45-16-7-4-8-17-45)46-26-30-50-49-29-25-43(37-55(49)68(56(50)39-46)58-22-11-12-33-64-58)53-36-44(42-31-34-63-35-32-42)38-57-60(53)66-61(52-20-13-19-51-48-18-9-10-21-54(48)65-59(51)52)67(57)47-27-23-41(24-28-47)40-14-5-3-6-15-40/h3-39,65H,1-2H3. The first-order chi connectivity index (χ1) is 33.5. The number of nitrogens with one attached hydrogen (secondary N) is 1. The predicted octanol–water partition coefficient (Wildman–Crippen LogP) is 15.5. The monoisotopic (exact) mass is 872 g/mol. The van der Waals surface area contributed by atoms with Gasteiger partial charge in [-0.3, -0.25) is 14.1 Å². The molecule has 0 aliphatic rings. The van der Waals surface area contributed by atoms with Gasteiger partial charge in [-0.15, -0.1) is 0 Å². The molecule has 68 heavy (non-hydrogen) atoms. The van der Waals surface area contributed by atoms with Gasteiger partial charge in [-0.1, -0.05) is 147 Å². The molecule has 13 aromatic rings. The van der Waals surface area contributed by atoms with E-state index in [0.29, 0.717) is 0 Å². The van der Waals surface area contributed by atoms with Crippen LogP contribution in [-0.2, 0) is 5.41 Å². The van der Waals surface area contributed by atoms with E-state index in [1.807, 2.05) is 24.7 Å². The van der Waals surface area contributed by atoms with Gasteiger partial charge in [0.15, 0.2) is 0 Å². The summed E-state index contributed by atoms with van der Waals surface area (Å²) in [6.07, 6.45) is 5.61. The first-order valence-electron chi connectivity index (χ1n) is 23.2. The summed E-state index contributed by atoms with van der Waals surface area (Å²) >= 11 is 0. The molecule has 0 saturated carbocycles. The van der Waals surface area contributed by atoms with E-state index in [9.17, 15) is 0 Å². The van der Waals surface area contributed by atoms with Crippen LogP contribution in [0.3, 0.4) is 0 Å². The highest BCUT2D eigenvalue weighted by Crippen LogP contribution is 2.43. The van der Waals surface area contributed by atoms with Crippen molar-refractivity contribution in [2.24, 2.45) is 0 Å². The van der Waals surface area contributed by atoms with Crippen molar-refractivity contribution in [3.63, 3.8) is 0 Å². The number of aromatic amines is 1. The Labute approximate surface area is 393 Å². The Morgan fingerprint density at radius 1 is 0.426 bits per heavy atom. The van der Waals surface area contributed by atoms with Crippen LogP contribution in [0.1, 0.15) is 25.0 Å². The van der Waals surface area contributed by atoms with Gasteiger partial charge in [0, 0.05) is 67.9 Å². The number of nitrogens with zero attached hydrogens (tertiary/aromatic N) is 5. The molecule has 0 atom stereocenters. The Morgan fingerprint density at radius 2 is 1.09 bits per heavy atom. The lowest BCUT2D eigenvalue weighted by atomic mass is 9.78. The Bertz CT molecular complexity index is 4020. The molecular weight excluding hydrogens is 829 g/mol. The molecule has 0 aliphatic carbocycles. The van der Waals surface area contributed by atoms with Crippen LogP contribution >= 0.6 is 0 Å². The van der Waals surface area contributed by atoms with E-state index >= 15 is 0 Å². The second kappa shape index (κ2) is 15.6. The van der Waals surface area contributed by atoms with Crippen LogP contribution in [0.25, 0.3) is 111 Å². The van der Waals surface area contributed by atoms with Crippen molar-refractivity contribution in [3.05, 3.63) is 236 Å². The van der Waals surface area contributed by atoms with Gasteiger partial charge in [0.05, 0.1) is 27.6 Å². The van der Waals surface area contributed by atoms with Crippen LogP contribution < -0.4 is 0 Å². The van der Waals surface area contributed by atoms with Crippen molar-refractivity contribution in [1.29, 1.82) is 0 Å². The third-order valence-electron chi connectivity index (χ3n) is 14.0. The number of aromatic nitrogens is 6. The summed E-state index contributed by atoms with van der Waals surface area (Å²) in [6, 6.07) is 74.0. The fraction of sp³-hybridized carbons (Fsp3) is 0.0484. The molecule has 6 nitrogen and oxygen atoms in total. The maximum atomic E-state index is 5.75. The molecule has 6 heteroatoms. The molecule has 0 unspecified atom stereocenters. The number of para-hydroxylation sites is 2. The Hall–Kier alpha value is -8.87. The lowest BCUT2D eigenvalue weighted by molar-refractivity contribution is 0.641. The van der Waals surface area contributed by atoms with Gasteiger partial charge >= 0.3 is 0 Å². The maximum absolute atomic E-state index is 5.75. The highest BCUT2D eigenvalue weighted by atomic mass is 15.1. The molecule has 0 radical (unpaired) electrons. The van der Waals surface area contributed by atoms with Crippen LogP contribution in [0.5, 0.6) is 0 Å². The maximum Gasteiger partial charge on any atom is 0.147 e. The summed E-state index contributed by atoms with van der Waals surface area (Å²) in [7, 11) is 0. The fourth-order valence-electron chi connectivity index (χ4n) is 10.4. The van der Waals surface area contributed by atoms with E-state index in [4.69, 9.17) is 9.97 Å². The van der Waals surface area contributed by atoms with Gasteiger partial charge in [-0.2, -0.15) is 0 Å². The van der Waals surface area contributed by atoms with Crippen molar-refractivity contribution in [3.8, 4) is 56.3 Å². The molecule has 0 amide bonds. The quantitative estimate of drug-likeness (QED) is 0.165. The second-order valence-electron chi connectivity index (χ2n) is 18.2. The molecule has 1 N–H and O–H groups in total. The van der Waals surface area contributed by atoms with Crippen LogP contribution in [0.2, 0.25) is 0 Å². The predicted molar refractivity (Wildman–Crippen MR) is 281 cm³/mol. The van der Waals surface area contributed by atoms with E-state index in [-0.39, 0.29) is 5.41 Å². The minimum absolute atomic E-state index is 0.222. The molecular formula is C62H44N6. The number of H-pyrrole nitrogens is 1. The van der Waals surface area contributed by atoms with Gasteiger partial charge in [0.2, 0.25) is 0 Å². The average Bonchev–Trinajstić information content (AvgIpc) is 4.09. The zero-order chi connectivity index (χ0) is 45.3. The number of pyridine rings is 2. The van der Waals surface area contributed by atoms with Crippen LogP contribution in [-0.4, -0.2) is 29.1 Å². The number of hydrogen-bond donors (Lipinski definition) is 1. The minimum Gasteiger partial charge on any atom is -0.354 e. The number of imidazole rings is 1. The van der Waals surface area contributed by atoms with E-state index in [0.717, 1.165) is 94.6 Å². The Kier molecular flexibility index (Phi) is 9.08. The zero-order valence-electron chi connectivity index (χ0n) is 37.6. The first kappa shape index (κ1) is 39.5. The Morgan fingerprint density at radius 3 is 1.88 bits per heavy atom. The highest BCUT2D eigenvalue weighted by molar-refractivity contribution is 6.13. The normalized spacial score (nSPS) is 12.0. The lowest BCUT2D eigenvalue weighted by Gasteiger charge is -2.26. The third-order valence-corrected chi connectivity index (χ3v) is 14.0. The van der Waals surface area contributed by atoms with Crippen LogP contribution in [0, 0.1) is 0 Å². The average molecular weight is 873 g/mol. The molecule has 322 valence electrons. The van der Waals surface area contributed by atoms with Crippen molar-refractivity contribution in [2.45, 2.75) is 19.3 Å².